The number of hydrogen-bond acceptors (Lipinski definition) is 2. The molecule has 3 nitrogen and oxygen atoms in total. The van der Waals surface area contributed by atoms with E-state index in [0.29, 0.717) is 0 Å². The lowest BCUT2D eigenvalue weighted by molar-refractivity contribution is 0.948. The van der Waals surface area contributed by atoms with Crippen LogP contribution in [0.5, 0.6) is 0 Å². The molecule has 13 heavy (non-hydrogen) atoms. The van der Waals surface area contributed by atoms with Gasteiger partial charge in [-0.2, -0.15) is 0 Å². The number of aromatic nitrogens is 2. The van der Waals surface area contributed by atoms with Gasteiger partial charge in [-0.15, -0.1) is 0 Å². The molecule has 0 aromatic carbocycles. The Morgan fingerprint density at radius 3 is 2.77 bits per heavy atom. The van der Waals surface area contributed by atoms with Gasteiger partial charge in [0.1, 0.15) is 5.65 Å². The molecular formula is C10H13N3. The predicted molar refractivity (Wildman–Crippen MR) is 55.0 cm³/mol. The molecule has 3 heteroatoms. The smallest absolute Gasteiger partial charge is 0.141 e. The molecule has 0 N–H and O–H groups in total. The molecule has 0 saturated heterocycles. The van der Waals surface area contributed by atoms with Gasteiger partial charge in [0, 0.05) is 44.6 Å². The van der Waals surface area contributed by atoms with Crippen LogP contribution in [0.3, 0.4) is 0 Å². The van der Waals surface area contributed by atoms with E-state index in [4.69, 9.17) is 0 Å². The highest BCUT2D eigenvalue weighted by Gasteiger charge is 2.05. The van der Waals surface area contributed by atoms with Gasteiger partial charge in [0.05, 0.1) is 0 Å². The van der Waals surface area contributed by atoms with E-state index in [9.17, 15) is 0 Å². The SMILES string of the molecule is CN(C)c1ccnc2c1ccn2C. The molecule has 0 spiro atoms. The molecule has 0 aliphatic carbocycles. The molecule has 0 aliphatic rings. The van der Waals surface area contributed by atoms with Crippen LogP contribution in [0, 0.1) is 0 Å². The molecule has 0 fully saturated rings. The quantitative estimate of drug-likeness (QED) is 0.657. The van der Waals surface area contributed by atoms with E-state index < -0.39 is 0 Å². The summed E-state index contributed by atoms with van der Waals surface area (Å²) in [7, 11) is 6.10. The lowest BCUT2D eigenvalue weighted by Gasteiger charge is -2.12. The summed E-state index contributed by atoms with van der Waals surface area (Å²) in [6.45, 7) is 0. The van der Waals surface area contributed by atoms with Crippen molar-refractivity contribution in [1.29, 1.82) is 0 Å². The minimum absolute atomic E-state index is 1.03. The Bertz CT molecular complexity index is 429. The molecule has 68 valence electrons. The summed E-state index contributed by atoms with van der Waals surface area (Å²) in [5, 5.41) is 1.20. The van der Waals surface area contributed by atoms with E-state index in [2.05, 4.69) is 16.0 Å². The first kappa shape index (κ1) is 8.10. The van der Waals surface area contributed by atoms with E-state index in [1.165, 1.54) is 11.1 Å². The second-order valence-electron chi connectivity index (χ2n) is 3.39. The first-order valence-electron chi connectivity index (χ1n) is 4.27. The summed E-state index contributed by atoms with van der Waals surface area (Å²) < 4.78 is 2.03. The van der Waals surface area contributed by atoms with Crippen molar-refractivity contribution in [2.45, 2.75) is 0 Å². The minimum Gasteiger partial charge on any atom is -0.377 e. The molecule has 2 aromatic heterocycles. The fraction of sp³-hybridized carbons (Fsp3) is 0.300. The molecule has 2 heterocycles. The van der Waals surface area contributed by atoms with Gasteiger partial charge in [-0.1, -0.05) is 0 Å². The Hall–Kier alpha value is -1.51. The summed E-state index contributed by atoms with van der Waals surface area (Å²) in [6, 6.07) is 4.12. The molecule has 0 amide bonds. The van der Waals surface area contributed by atoms with Crippen molar-refractivity contribution in [2.24, 2.45) is 7.05 Å². The Labute approximate surface area is 77.6 Å². The molecule has 2 aromatic rings. The molecule has 0 aliphatic heterocycles. The monoisotopic (exact) mass is 175 g/mol. The number of pyridine rings is 1. The topological polar surface area (TPSA) is 21.1 Å². The van der Waals surface area contributed by atoms with E-state index in [0.717, 1.165) is 5.65 Å². The number of anilines is 1. The highest BCUT2D eigenvalue weighted by atomic mass is 15.1. The van der Waals surface area contributed by atoms with Crippen molar-refractivity contribution in [3.63, 3.8) is 0 Å². The van der Waals surface area contributed by atoms with Crippen LogP contribution in [0.2, 0.25) is 0 Å². The molecule has 0 unspecified atom stereocenters. The van der Waals surface area contributed by atoms with Crippen molar-refractivity contribution < 1.29 is 0 Å². The van der Waals surface area contributed by atoms with Gasteiger partial charge in [0.2, 0.25) is 0 Å². The van der Waals surface area contributed by atoms with Gasteiger partial charge < -0.3 is 9.47 Å². The summed E-state index contributed by atoms with van der Waals surface area (Å²) in [5.41, 5.74) is 2.25. The molecule has 0 saturated carbocycles. The van der Waals surface area contributed by atoms with Crippen LogP contribution in [0.1, 0.15) is 0 Å². The standard InChI is InChI=1S/C10H13N3/c1-12(2)9-4-6-11-10-8(9)5-7-13(10)3/h4-7H,1-3H3. The number of hydrogen-bond donors (Lipinski definition) is 0. The predicted octanol–water partition coefficient (Wildman–Crippen LogP) is 1.64. The van der Waals surface area contributed by atoms with Gasteiger partial charge >= 0.3 is 0 Å². The third-order valence-corrected chi connectivity index (χ3v) is 2.23. The average molecular weight is 175 g/mol. The maximum Gasteiger partial charge on any atom is 0.141 e. The number of aryl methyl sites for hydroxylation is 1. The van der Waals surface area contributed by atoms with Crippen molar-refractivity contribution in [3.05, 3.63) is 24.5 Å². The maximum absolute atomic E-state index is 4.32. The number of fused-ring (bicyclic) bond motifs is 1. The second-order valence-corrected chi connectivity index (χ2v) is 3.39. The van der Waals surface area contributed by atoms with E-state index in [1.807, 2.05) is 44.2 Å². The zero-order chi connectivity index (χ0) is 9.42. The normalized spacial score (nSPS) is 10.7. The molecule has 2 rings (SSSR count). The van der Waals surface area contributed by atoms with Crippen molar-refractivity contribution in [3.8, 4) is 0 Å². The highest BCUT2D eigenvalue weighted by molar-refractivity contribution is 5.89. The van der Waals surface area contributed by atoms with Crippen molar-refractivity contribution in [1.82, 2.24) is 9.55 Å². The van der Waals surface area contributed by atoms with E-state index >= 15 is 0 Å². The fourth-order valence-corrected chi connectivity index (χ4v) is 1.54. The molecular weight excluding hydrogens is 162 g/mol. The van der Waals surface area contributed by atoms with E-state index in [1.54, 1.807) is 0 Å². The molecule has 0 radical (unpaired) electrons. The van der Waals surface area contributed by atoms with Gasteiger partial charge in [-0.25, -0.2) is 4.98 Å². The zero-order valence-corrected chi connectivity index (χ0v) is 8.15. The summed E-state index contributed by atoms with van der Waals surface area (Å²) in [6.07, 6.45) is 3.88. The maximum atomic E-state index is 4.32. The van der Waals surface area contributed by atoms with Crippen molar-refractivity contribution in [2.75, 3.05) is 19.0 Å². The molecule has 0 bridgehead atoms. The summed E-state index contributed by atoms with van der Waals surface area (Å²) in [4.78, 5) is 6.42. The van der Waals surface area contributed by atoms with Crippen LogP contribution in [-0.4, -0.2) is 23.6 Å². The van der Waals surface area contributed by atoms with Gasteiger partial charge in [0.25, 0.3) is 0 Å². The summed E-state index contributed by atoms with van der Waals surface area (Å²) in [5.74, 6) is 0. The largest absolute Gasteiger partial charge is 0.377 e. The Kier molecular flexibility index (Phi) is 1.72. The van der Waals surface area contributed by atoms with Crippen LogP contribution in [0.15, 0.2) is 24.5 Å². The van der Waals surface area contributed by atoms with Gasteiger partial charge in [0.15, 0.2) is 0 Å². The minimum atomic E-state index is 1.03. The van der Waals surface area contributed by atoms with Gasteiger partial charge in [-0.05, 0) is 12.1 Å². The van der Waals surface area contributed by atoms with Crippen LogP contribution in [0.4, 0.5) is 5.69 Å². The third kappa shape index (κ3) is 1.16. The lowest BCUT2D eigenvalue weighted by atomic mass is 10.3. The highest BCUT2D eigenvalue weighted by Crippen LogP contribution is 2.23. The van der Waals surface area contributed by atoms with Crippen molar-refractivity contribution >= 4 is 16.7 Å². The van der Waals surface area contributed by atoms with Crippen LogP contribution in [-0.2, 0) is 7.05 Å². The first-order chi connectivity index (χ1) is 6.20. The lowest BCUT2D eigenvalue weighted by Crippen LogP contribution is -2.09. The van der Waals surface area contributed by atoms with Crippen LogP contribution < -0.4 is 4.90 Å². The number of rotatable bonds is 1. The second kappa shape index (κ2) is 2.76. The zero-order valence-electron chi connectivity index (χ0n) is 8.15. The van der Waals surface area contributed by atoms with Crippen LogP contribution in [0.25, 0.3) is 11.0 Å². The summed E-state index contributed by atoms with van der Waals surface area (Å²) >= 11 is 0. The average Bonchev–Trinajstić information content (AvgIpc) is 2.48. The van der Waals surface area contributed by atoms with Gasteiger partial charge in [-0.3, -0.25) is 0 Å². The van der Waals surface area contributed by atoms with Crippen LogP contribution >= 0.6 is 0 Å². The fourth-order valence-electron chi connectivity index (χ4n) is 1.54. The first-order valence-corrected chi connectivity index (χ1v) is 4.27. The Balaban J connectivity index is 2.77. The number of nitrogens with zero attached hydrogens (tertiary/aromatic N) is 3. The Morgan fingerprint density at radius 1 is 1.31 bits per heavy atom. The Morgan fingerprint density at radius 2 is 2.08 bits per heavy atom. The van der Waals surface area contributed by atoms with E-state index in [-0.39, 0.29) is 0 Å². The third-order valence-electron chi connectivity index (χ3n) is 2.23. The molecule has 0 atom stereocenters.